The number of hydrogen-bond acceptors (Lipinski definition) is 6. The maximum absolute atomic E-state index is 12.7. The van der Waals surface area contributed by atoms with E-state index in [0.717, 1.165) is 16.3 Å². The van der Waals surface area contributed by atoms with Gasteiger partial charge in [0.1, 0.15) is 11.3 Å². The fourth-order valence-electron chi connectivity index (χ4n) is 3.48. The lowest BCUT2D eigenvalue weighted by molar-refractivity contribution is -0.134. The van der Waals surface area contributed by atoms with Crippen LogP contribution >= 0.6 is 0 Å². The summed E-state index contributed by atoms with van der Waals surface area (Å²) in [5.74, 6) is 0.874. The van der Waals surface area contributed by atoms with Crippen molar-refractivity contribution >= 4 is 22.6 Å². The number of ether oxygens (including phenoxy) is 4. The van der Waals surface area contributed by atoms with Gasteiger partial charge in [-0.2, -0.15) is 0 Å². The molecule has 160 valence electrons. The van der Waals surface area contributed by atoms with Crippen LogP contribution in [0.2, 0.25) is 0 Å². The Bertz CT molecular complexity index is 1130. The minimum atomic E-state index is -0.602. The van der Waals surface area contributed by atoms with Crippen LogP contribution in [0.15, 0.2) is 54.6 Å². The molecule has 0 saturated heterocycles. The van der Waals surface area contributed by atoms with Crippen molar-refractivity contribution in [3.63, 3.8) is 0 Å². The minimum absolute atomic E-state index is 0.198. The van der Waals surface area contributed by atoms with Crippen molar-refractivity contribution in [2.45, 2.75) is 13.5 Å². The van der Waals surface area contributed by atoms with Gasteiger partial charge < -0.3 is 23.8 Å². The normalized spacial score (nSPS) is 11.9. The van der Waals surface area contributed by atoms with Crippen LogP contribution in [0.3, 0.4) is 0 Å². The Morgan fingerprint density at radius 1 is 1.00 bits per heavy atom. The molecule has 0 bridgehead atoms. The maximum Gasteiger partial charge on any atom is 0.342 e. The fourth-order valence-corrected chi connectivity index (χ4v) is 3.48. The average molecular weight is 421 g/mol. The summed E-state index contributed by atoms with van der Waals surface area (Å²) in [5.41, 5.74) is 1.19. The summed E-state index contributed by atoms with van der Waals surface area (Å²) in [6, 6.07) is 16.7. The lowest BCUT2D eigenvalue weighted by Gasteiger charge is -2.21. The van der Waals surface area contributed by atoms with E-state index in [1.54, 1.807) is 17.0 Å². The van der Waals surface area contributed by atoms with Gasteiger partial charge in [0.15, 0.2) is 18.1 Å². The van der Waals surface area contributed by atoms with Crippen LogP contribution in [0.5, 0.6) is 17.2 Å². The van der Waals surface area contributed by atoms with Crippen molar-refractivity contribution in [1.29, 1.82) is 0 Å². The van der Waals surface area contributed by atoms with E-state index in [9.17, 15) is 9.59 Å². The number of amides is 1. The number of methoxy groups -OCH3 is 1. The molecule has 1 heterocycles. The van der Waals surface area contributed by atoms with Crippen LogP contribution in [0, 0.1) is 0 Å². The zero-order chi connectivity index (χ0) is 21.8. The molecule has 0 atom stereocenters. The quantitative estimate of drug-likeness (QED) is 0.541. The summed E-state index contributed by atoms with van der Waals surface area (Å²) in [6.45, 7) is 2.57. The monoisotopic (exact) mass is 421 g/mol. The molecule has 0 aromatic heterocycles. The van der Waals surface area contributed by atoms with Gasteiger partial charge in [0.25, 0.3) is 5.91 Å². The second-order valence-corrected chi connectivity index (χ2v) is 7.07. The van der Waals surface area contributed by atoms with Gasteiger partial charge in [0.2, 0.25) is 6.79 Å². The fraction of sp³-hybridized carbons (Fsp3) is 0.250. The molecule has 0 radical (unpaired) electrons. The highest BCUT2D eigenvalue weighted by Gasteiger charge is 2.20. The third-order valence-electron chi connectivity index (χ3n) is 5.16. The molecule has 3 aromatic carbocycles. The number of rotatable bonds is 7. The van der Waals surface area contributed by atoms with Gasteiger partial charge in [-0.3, -0.25) is 4.79 Å². The smallest absolute Gasteiger partial charge is 0.342 e. The highest BCUT2D eigenvalue weighted by molar-refractivity contribution is 5.99. The molecule has 3 aromatic rings. The second-order valence-electron chi connectivity index (χ2n) is 7.07. The zero-order valence-corrected chi connectivity index (χ0v) is 17.4. The molecule has 7 heteroatoms. The molecular formula is C24H23NO6. The van der Waals surface area contributed by atoms with E-state index in [4.69, 9.17) is 18.9 Å². The minimum Gasteiger partial charge on any atom is -0.496 e. The van der Waals surface area contributed by atoms with E-state index in [-0.39, 0.29) is 24.9 Å². The number of hydrogen-bond donors (Lipinski definition) is 0. The van der Waals surface area contributed by atoms with Crippen molar-refractivity contribution in [3.8, 4) is 17.2 Å². The third kappa shape index (κ3) is 4.40. The van der Waals surface area contributed by atoms with Gasteiger partial charge in [-0.25, -0.2) is 4.79 Å². The molecule has 4 rings (SSSR count). The number of nitrogens with zero attached hydrogens (tertiary/aromatic N) is 1. The van der Waals surface area contributed by atoms with Crippen LogP contribution in [0.25, 0.3) is 10.8 Å². The summed E-state index contributed by atoms with van der Waals surface area (Å²) in [7, 11) is 1.50. The zero-order valence-electron chi connectivity index (χ0n) is 17.4. The molecular weight excluding hydrogens is 398 g/mol. The predicted molar refractivity (Wildman–Crippen MR) is 114 cm³/mol. The lowest BCUT2D eigenvalue weighted by atomic mass is 10.1. The topological polar surface area (TPSA) is 74.3 Å². The van der Waals surface area contributed by atoms with Crippen molar-refractivity contribution < 1.29 is 28.5 Å². The van der Waals surface area contributed by atoms with Gasteiger partial charge in [-0.15, -0.1) is 0 Å². The molecule has 1 aliphatic rings. The lowest BCUT2D eigenvalue weighted by Crippen LogP contribution is -2.34. The maximum atomic E-state index is 12.7. The van der Waals surface area contributed by atoms with E-state index in [1.807, 2.05) is 49.4 Å². The second kappa shape index (κ2) is 8.95. The standard InChI is InChI=1S/C24H23NO6/c1-3-25(13-16-8-9-20-22(10-16)31-15-30-20)23(26)14-29-24(27)19-11-17-6-4-5-7-18(17)12-21(19)28-2/h4-12H,3,13-15H2,1-2H3. The van der Waals surface area contributed by atoms with E-state index < -0.39 is 5.97 Å². The molecule has 0 unspecified atom stereocenters. The van der Waals surface area contributed by atoms with Crippen LogP contribution in [-0.4, -0.2) is 43.8 Å². The molecule has 1 amide bonds. The number of carbonyl (C=O) groups excluding carboxylic acids is 2. The Hall–Kier alpha value is -3.74. The largest absolute Gasteiger partial charge is 0.496 e. The Balaban J connectivity index is 1.42. The first kappa shape index (κ1) is 20.5. The number of carbonyl (C=O) groups is 2. The highest BCUT2D eigenvalue weighted by Crippen LogP contribution is 2.33. The van der Waals surface area contributed by atoms with E-state index in [2.05, 4.69) is 0 Å². The molecule has 1 aliphatic heterocycles. The Kier molecular flexibility index (Phi) is 5.93. The first-order chi connectivity index (χ1) is 15.1. The van der Waals surface area contributed by atoms with Crippen LogP contribution in [-0.2, 0) is 16.1 Å². The van der Waals surface area contributed by atoms with Gasteiger partial charge in [-0.05, 0) is 47.5 Å². The Morgan fingerprint density at radius 2 is 1.74 bits per heavy atom. The number of likely N-dealkylation sites (N-methyl/N-ethyl adjacent to an activating group) is 1. The molecule has 31 heavy (non-hydrogen) atoms. The van der Waals surface area contributed by atoms with Crippen LogP contribution in [0.1, 0.15) is 22.8 Å². The van der Waals surface area contributed by atoms with Gasteiger partial charge in [0, 0.05) is 13.1 Å². The van der Waals surface area contributed by atoms with E-state index >= 15 is 0 Å². The SMILES string of the molecule is CCN(Cc1ccc2c(c1)OCO2)C(=O)COC(=O)c1cc2ccccc2cc1OC. The van der Waals surface area contributed by atoms with Crippen molar-refractivity contribution in [2.24, 2.45) is 0 Å². The number of fused-ring (bicyclic) bond motifs is 2. The van der Waals surface area contributed by atoms with Crippen LogP contribution in [0.4, 0.5) is 0 Å². The summed E-state index contributed by atoms with van der Waals surface area (Å²) in [4.78, 5) is 27.0. The van der Waals surface area contributed by atoms with Gasteiger partial charge in [-0.1, -0.05) is 30.3 Å². The van der Waals surface area contributed by atoms with Crippen molar-refractivity contribution in [2.75, 3.05) is 27.1 Å². The summed E-state index contributed by atoms with van der Waals surface area (Å²) < 4.78 is 21.4. The predicted octanol–water partition coefficient (Wildman–Crippen LogP) is 3.78. The number of esters is 1. The van der Waals surface area contributed by atoms with Crippen molar-refractivity contribution in [1.82, 2.24) is 4.90 Å². The third-order valence-corrected chi connectivity index (χ3v) is 5.16. The van der Waals surface area contributed by atoms with Gasteiger partial charge >= 0.3 is 5.97 Å². The molecule has 0 saturated carbocycles. The molecule has 0 spiro atoms. The first-order valence-corrected chi connectivity index (χ1v) is 9.99. The first-order valence-electron chi connectivity index (χ1n) is 9.99. The van der Waals surface area contributed by atoms with Crippen molar-refractivity contribution in [3.05, 3.63) is 65.7 Å². The average Bonchev–Trinajstić information content (AvgIpc) is 3.27. The van der Waals surface area contributed by atoms with E-state index in [0.29, 0.717) is 30.3 Å². The summed E-state index contributed by atoms with van der Waals surface area (Å²) >= 11 is 0. The molecule has 0 fully saturated rings. The number of benzene rings is 3. The Morgan fingerprint density at radius 3 is 2.48 bits per heavy atom. The highest BCUT2D eigenvalue weighted by atomic mass is 16.7. The summed E-state index contributed by atoms with van der Waals surface area (Å²) in [6.07, 6.45) is 0. The van der Waals surface area contributed by atoms with E-state index in [1.165, 1.54) is 7.11 Å². The molecule has 0 N–H and O–H groups in total. The summed E-state index contributed by atoms with van der Waals surface area (Å²) in [5, 5.41) is 1.84. The van der Waals surface area contributed by atoms with Crippen LogP contribution < -0.4 is 14.2 Å². The molecule has 0 aliphatic carbocycles. The molecule has 7 nitrogen and oxygen atoms in total. The van der Waals surface area contributed by atoms with Gasteiger partial charge in [0.05, 0.1) is 7.11 Å². The Labute approximate surface area is 180 Å².